The van der Waals surface area contributed by atoms with Gasteiger partial charge in [0, 0.05) is 12.2 Å². The van der Waals surface area contributed by atoms with Gasteiger partial charge in [-0.05, 0) is 13.8 Å². The van der Waals surface area contributed by atoms with E-state index in [9.17, 15) is 14.4 Å². The van der Waals surface area contributed by atoms with Crippen molar-refractivity contribution < 1.29 is 14.4 Å². The lowest BCUT2D eigenvalue weighted by molar-refractivity contribution is -0.143. The van der Waals surface area contributed by atoms with Gasteiger partial charge >= 0.3 is 0 Å². The molecule has 0 fully saturated rings. The van der Waals surface area contributed by atoms with Crippen LogP contribution in [0.25, 0.3) is 0 Å². The van der Waals surface area contributed by atoms with Crippen LogP contribution in [0.5, 0.6) is 0 Å². The summed E-state index contributed by atoms with van der Waals surface area (Å²) >= 11 is 0. The van der Waals surface area contributed by atoms with Crippen LogP contribution in [-0.4, -0.2) is 28.5 Å². The van der Waals surface area contributed by atoms with Crippen LogP contribution in [-0.2, 0) is 14.4 Å². The van der Waals surface area contributed by atoms with E-state index in [2.05, 4.69) is 0 Å². The van der Waals surface area contributed by atoms with E-state index in [1.165, 1.54) is 26.0 Å². The Hall–Kier alpha value is -1.45. The van der Waals surface area contributed by atoms with Crippen molar-refractivity contribution in [2.45, 2.75) is 47.6 Å². The van der Waals surface area contributed by atoms with Crippen molar-refractivity contribution in [3.8, 4) is 0 Å². The summed E-state index contributed by atoms with van der Waals surface area (Å²) in [7, 11) is 0. The van der Waals surface area contributed by atoms with Gasteiger partial charge < -0.3 is 0 Å². The van der Waals surface area contributed by atoms with Crippen molar-refractivity contribution in [1.29, 1.82) is 0 Å². The second-order valence-corrected chi connectivity index (χ2v) is 2.67. The van der Waals surface area contributed by atoms with Crippen molar-refractivity contribution >= 4 is 17.6 Å². The highest BCUT2D eigenvalue weighted by molar-refractivity contribution is 6.15. The van der Waals surface area contributed by atoms with Crippen LogP contribution in [0.1, 0.15) is 41.5 Å². The zero-order valence-electron chi connectivity index (χ0n) is 10.9. The molecule has 0 aliphatic carbocycles. The summed E-state index contributed by atoms with van der Waals surface area (Å²) in [6.45, 7) is 10.9. The molecule has 1 rings (SSSR count). The summed E-state index contributed by atoms with van der Waals surface area (Å²) in [6, 6.07) is -0.653. The first kappa shape index (κ1) is 17.0. The molecule has 1 aliphatic rings. The molecule has 1 atom stereocenters. The van der Waals surface area contributed by atoms with Crippen molar-refractivity contribution in [3.63, 3.8) is 0 Å². The first-order valence-electron chi connectivity index (χ1n) is 5.59. The van der Waals surface area contributed by atoms with E-state index < -0.39 is 17.9 Å². The maximum absolute atomic E-state index is 11.0. The third kappa shape index (κ3) is 4.38. The van der Waals surface area contributed by atoms with Gasteiger partial charge in [-0.3, -0.25) is 19.3 Å². The predicted octanol–water partition coefficient (Wildman–Crippen LogP) is 1.94. The summed E-state index contributed by atoms with van der Waals surface area (Å²) in [5.74, 6) is -1.02. The van der Waals surface area contributed by atoms with E-state index in [0.717, 1.165) is 4.90 Å². The van der Waals surface area contributed by atoms with Gasteiger partial charge in [0.05, 0.1) is 6.04 Å². The molecule has 4 nitrogen and oxygen atoms in total. The van der Waals surface area contributed by atoms with Crippen LogP contribution >= 0.6 is 0 Å². The first-order valence-corrected chi connectivity index (χ1v) is 5.59. The van der Waals surface area contributed by atoms with E-state index >= 15 is 0 Å². The molecular formula is C12H21NO3. The second kappa shape index (κ2) is 8.83. The van der Waals surface area contributed by atoms with Crippen LogP contribution < -0.4 is 0 Å². The molecule has 16 heavy (non-hydrogen) atoms. The number of carbonyl (C=O) groups excluding carboxylic acids is 3. The van der Waals surface area contributed by atoms with Gasteiger partial charge in [-0.2, -0.15) is 0 Å². The molecule has 0 aromatic rings. The lowest BCUT2D eigenvalue weighted by Gasteiger charge is -2.19. The predicted molar refractivity (Wildman–Crippen MR) is 63.8 cm³/mol. The molecular weight excluding hydrogens is 206 g/mol. The highest BCUT2D eigenvalue weighted by Gasteiger charge is 2.30. The molecule has 0 N–H and O–H groups in total. The summed E-state index contributed by atoms with van der Waals surface area (Å²) < 4.78 is 0. The molecule has 0 radical (unpaired) electrons. The van der Waals surface area contributed by atoms with E-state index in [1.807, 2.05) is 27.7 Å². The van der Waals surface area contributed by atoms with Crippen molar-refractivity contribution in [2.24, 2.45) is 0 Å². The summed E-state index contributed by atoms with van der Waals surface area (Å²) in [6.07, 6.45) is 2.34. The molecule has 0 spiro atoms. The third-order valence-electron chi connectivity index (χ3n) is 1.82. The van der Waals surface area contributed by atoms with Gasteiger partial charge in [-0.1, -0.05) is 27.7 Å². The minimum absolute atomic E-state index is 0.194. The van der Waals surface area contributed by atoms with Crippen molar-refractivity contribution in [1.82, 2.24) is 4.90 Å². The quantitative estimate of drug-likeness (QED) is 0.677. The molecule has 1 aliphatic heterocycles. The average Bonchev–Trinajstić information content (AvgIpc) is 2.63. The molecule has 0 aromatic heterocycles. The molecule has 1 heterocycles. The maximum atomic E-state index is 11.0. The smallest absolute Gasteiger partial charge is 0.254 e. The van der Waals surface area contributed by atoms with Gasteiger partial charge in [0.25, 0.3) is 11.8 Å². The summed E-state index contributed by atoms with van der Waals surface area (Å²) in [4.78, 5) is 33.8. The Labute approximate surface area is 97.3 Å². The van der Waals surface area contributed by atoms with Crippen LogP contribution in [0, 0.1) is 0 Å². The number of imide groups is 1. The average molecular weight is 227 g/mol. The number of Topliss-reactive ketones (excluding diaryl/α,β-unsaturated/α-hetero) is 1. The van der Waals surface area contributed by atoms with Crippen LogP contribution in [0.4, 0.5) is 0 Å². The van der Waals surface area contributed by atoms with Gasteiger partial charge in [-0.25, -0.2) is 0 Å². The summed E-state index contributed by atoms with van der Waals surface area (Å²) in [5, 5.41) is 0. The number of hydrogen-bond acceptors (Lipinski definition) is 3. The highest BCUT2D eigenvalue weighted by Crippen LogP contribution is 2.09. The molecule has 0 unspecified atom stereocenters. The lowest BCUT2D eigenvalue weighted by atomic mass is 10.2. The number of rotatable bonds is 2. The molecule has 0 saturated heterocycles. The lowest BCUT2D eigenvalue weighted by Crippen LogP contribution is -2.42. The number of hydrogen-bond donors (Lipinski definition) is 0. The largest absolute Gasteiger partial charge is 0.298 e. The minimum atomic E-state index is -0.653. The second-order valence-electron chi connectivity index (χ2n) is 2.67. The van der Waals surface area contributed by atoms with Crippen molar-refractivity contribution in [2.75, 3.05) is 0 Å². The maximum Gasteiger partial charge on any atom is 0.254 e. The Bertz CT molecular complexity index is 264. The standard InChI is InChI=1S/C8H9NO3.2C2H6/c1-5(6(2)10)9-7(11)3-4-8(9)12;2*1-2/h3-5H,1-2H3;2*1-2H3/t5-;;/m0../s1. The van der Waals surface area contributed by atoms with Gasteiger partial charge in [0.2, 0.25) is 0 Å². The zero-order valence-corrected chi connectivity index (χ0v) is 10.9. The summed E-state index contributed by atoms with van der Waals surface area (Å²) in [5.41, 5.74) is 0. The van der Waals surface area contributed by atoms with E-state index in [1.54, 1.807) is 0 Å². The Morgan fingerprint density at radius 3 is 1.62 bits per heavy atom. The Morgan fingerprint density at radius 1 is 1.06 bits per heavy atom. The fourth-order valence-electron chi connectivity index (χ4n) is 0.975. The normalized spacial score (nSPS) is 14.8. The first-order chi connectivity index (χ1) is 7.54. The van der Waals surface area contributed by atoms with E-state index in [-0.39, 0.29) is 5.78 Å². The topological polar surface area (TPSA) is 54.5 Å². The highest BCUT2D eigenvalue weighted by atomic mass is 16.2. The van der Waals surface area contributed by atoms with Crippen LogP contribution in [0.15, 0.2) is 12.2 Å². The molecule has 2 amide bonds. The number of nitrogens with zero attached hydrogens (tertiary/aromatic N) is 1. The Morgan fingerprint density at radius 2 is 1.38 bits per heavy atom. The molecule has 92 valence electrons. The molecule has 0 saturated carbocycles. The third-order valence-corrected chi connectivity index (χ3v) is 1.82. The zero-order chi connectivity index (χ0) is 13.3. The fourth-order valence-corrected chi connectivity index (χ4v) is 0.975. The number of ketones is 1. The van der Waals surface area contributed by atoms with Crippen LogP contribution in [0.3, 0.4) is 0 Å². The van der Waals surface area contributed by atoms with Gasteiger partial charge in [0.15, 0.2) is 5.78 Å². The molecule has 0 aromatic carbocycles. The van der Waals surface area contributed by atoms with Gasteiger partial charge in [0.1, 0.15) is 0 Å². The van der Waals surface area contributed by atoms with Crippen molar-refractivity contribution in [3.05, 3.63) is 12.2 Å². The van der Waals surface area contributed by atoms with E-state index in [4.69, 9.17) is 0 Å². The Balaban J connectivity index is 0. The fraction of sp³-hybridized carbons (Fsp3) is 0.583. The van der Waals surface area contributed by atoms with Gasteiger partial charge in [-0.15, -0.1) is 0 Å². The Kier molecular flexibility index (Phi) is 9.36. The molecule has 4 heteroatoms. The number of amides is 2. The SMILES string of the molecule is CC.CC.CC(=O)[C@H](C)N1C(=O)C=CC1=O. The van der Waals surface area contributed by atoms with Crippen LogP contribution in [0.2, 0.25) is 0 Å². The number of carbonyl (C=O) groups is 3. The van der Waals surface area contributed by atoms with E-state index in [0.29, 0.717) is 0 Å². The minimum Gasteiger partial charge on any atom is -0.298 e. The molecule has 0 bridgehead atoms. The monoisotopic (exact) mass is 227 g/mol.